The van der Waals surface area contributed by atoms with Crippen LogP contribution in [-0.2, 0) is 6.42 Å². The Labute approximate surface area is 70.0 Å². The molecule has 0 saturated carbocycles. The van der Waals surface area contributed by atoms with Gasteiger partial charge in [-0.05, 0) is 30.2 Å². The third-order valence-electron chi connectivity index (χ3n) is 1.43. The Bertz CT molecular complexity index is 250. The van der Waals surface area contributed by atoms with Crippen molar-refractivity contribution in [2.75, 3.05) is 11.6 Å². The Kier molecular flexibility index (Phi) is 2.71. The molecule has 0 aromatic heterocycles. The van der Waals surface area contributed by atoms with Crippen LogP contribution in [0.5, 0.6) is 0 Å². The van der Waals surface area contributed by atoms with E-state index in [-0.39, 0.29) is 5.82 Å². The lowest BCUT2D eigenvalue weighted by Gasteiger charge is -2.00. The number of aryl methyl sites for hydroxylation is 1. The molecule has 0 amide bonds. The highest BCUT2D eigenvalue weighted by Gasteiger charge is 2.00. The van der Waals surface area contributed by atoms with Crippen molar-refractivity contribution < 1.29 is 4.39 Å². The standard InChI is InChI=1S/C8H9ClFN/c9-4-3-6-5-7(11)1-2-8(6)10/h1-2,5H,3-4,11H2. The van der Waals surface area contributed by atoms with Crippen LogP contribution in [0.2, 0.25) is 0 Å². The van der Waals surface area contributed by atoms with E-state index in [1.54, 1.807) is 6.07 Å². The van der Waals surface area contributed by atoms with E-state index in [9.17, 15) is 4.39 Å². The lowest BCUT2D eigenvalue weighted by molar-refractivity contribution is 0.613. The van der Waals surface area contributed by atoms with Crippen LogP contribution in [0, 0.1) is 5.82 Å². The van der Waals surface area contributed by atoms with Crippen LogP contribution >= 0.6 is 11.6 Å². The first kappa shape index (κ1) is 8.34. The van der Waals surface area contributed by atoms with Crippen molar-refractivity contribution in [1.29, 1.82) is 0 Å². The molecule has 1 aromatic carbocycles. The maximum Gasteiger partial charge on any atom is 0.126 e. The van der Waals surface area contributed by atoms with E-state index in [1.807, 2.05) is 0 Å². The normalized spacial score (nSPS) is 10.0. The first-order valence-electron chi connectivity index (χ1n) is 3.34. The number of alkyl halides is 1. The highest BCUT2D eigenvalue weighted by atomic mass is 35.5. The van der Waals surface area contributed by atoms with Crippen LogP contribution in [0.1, 0.15) is 5.56 Å². The number of hydrogen-bond acceptors (Lipinski definition) is 1. The molecule has 0 atom stereocenters. The summed E-state index contributed by atoms with van der Waals surface area (Å²) < 4.78 is 12.8. The predicted molar refractivity (Wildman–Crippen MR) is 45.2 cm³/mol. The Morgan fingerprint density at radius 2 is 2.18 bits per heavy atom. The van der Waals surface area contributed by atoms with Gasteiger partial charge in [-0.1, -0.05) is 0 Å². The minimum atomic E-state index is -0.236. The van der Waals surface area contributed by atoms with Gasteiger partial charge in [0.1, 0.15) is 5.82 Å². The summed E-state index contributed by atoms with van der Waals surface area (Å²) in [7, 11) is 0. The molecule has 0 bridgehead atoms. The number of hydrogen-bond donors (Lipinski definition) is 1. The molecule has 1 rings (SSSR count). The summed E-state index contributed by atoms with van der Waals surface area (Å²) in [5.74, 6) is 0.181. The quantitative estimate of drug-likeness (QED) is 0.539. The average Bonchev–Trinajstić information content (AvgIpc) is 1.98. The molecule has 0 aliphatic rings. The summed E-state index contributed by atoms with van der Waals surface area (Å²) in [5, 5.41) is 0. The molecular formula is C8H9ClFN. The highest BCUT2D eigenvalue weighted by Crippen LogP contribution is 2.12. The molecule has 0 heterocycles. The topological polar surface area (TPSA) is 26.0 Å². The van der Waals surface area contributed by atoms with Crippen molar-refractivity contribution >= 4 is 17.3 Å². The fourth-order valence-corrected chi connectivity index (χ4v) is 1.09. The van der Waals surface area contributed by atoms with Crippen molar-refractivity contribution in [1.82, 2.24) is 0 Å². The minimum Gasteiger partial charge on any atom is -0.399 e. The number of nitrogen functional groups attached to an aromatic ring is 1. The number of rotatable bonds is 2. The van der Waals surface area contributed by atoms with Gasteiger partial charge in [0.15, 0.2) is 0 Å². The lowest BCUT2D eigenvalue weighted by Crippen LogP contribution is -1.94. The maximum atomic E-state index is 12.8. The van der Waals surface area contributed by atoms with Gasteiger partial charge in [-0.25, -0.2) is 4.39 Å². The molecule has 0 aliphatic heterocycles. The number of halogens is 2. The van der Waals surface area contributed by atoms with E-state index >= 15 is 0 Å². The van der Waals surface area contributed by atoms with Gasteiger partial charge in [-0.15, -0.1) is 11.6 Å². The molecule has 0 spiro atoms. The summed E-state index contributed by atoms with van der Waals surface area (Å²) >= 11 is 5.45. The molecule has 1 nitrogen and oxygen atoms in total. The third-order valence-corrected chi connectivity index (χ3v) is 1.62. The van der Waals surface area contributed by atoms with Gasteiger partial charge < -0.3 is 5.73 Å². The van der Waals surface area contributed by atoms with Crippen molar-refractivity contribution in [3.05, 3.63) is 29.6 Å². The van der Waals surface area contributed by atoms with E-state index in [2.05, 4.69) is 0 Å². The van der Waals surface area contributed by atoms with Crippen LogP contribution < -0.4 is 5.73 Å². The van der Waals surface area contributed by atoms with E-state index in [1.165, 1.54) is 12.1 Å². The zero-order chi connectivity index (χ0) is 8.27. The molecule has 1 aromatic rings. The number of anilines is 1. The van der Waals surface area contributed by atoms with Crippen LogP contribution in [0.4, 0.5) is 10.1 Å². The fraction of sp³-hybridized carbons (Fsp3) is 0.250. The van der Waals surface area contributed by atoms with Gasteiger partial charge in [0.05, 0.1) is 0 Å². The molecule has 2 N–H and O–H groups in total. The van der Waals surface area contributed by atoms with Crippen LogP contribution in [0.15, 0.2) is 18.2 Å². The van der Waals surface area contributed by atoms with E-state index < -0.39 is 0 Å². The van der Waals surface area contributed by atoms with Gasteiger partial charge in [0.25, 0.3) is 0 Å². The molecule has 0 aliphatic carbocycles. The molecule has 0 saturated heterocycles. The summed E-state index contributed by atoms with van der Waals surface area (Å²) in [6, 6.07) is 4.50. The summed E-state index contributed by atoms with van der Waals surface area (Å²) in [4.78, 5) is 0. The Morgan fingerprint density at radius 3 is 2.82 bits per heavy atom. The van der Waals surface area contributed by atoms with Crippen molar-refractivity contribution in [3.8, 4) is 0 Å². The molecule has 3 heteroatoms. The molecule has 60 valence electrons. The van der Waals surface area contributed by atoms with Crippen LogP contribution in [-0.4, -0.2) is 5.88 Å². The molecule has 0 unspecified atom stereocenters. The maximum absolute atomic E-state index is 12.8. The first-order valence-corrected chi connectivity index (χ1v) is 3.87. The smallest absolute Gasteiger partial charge is 0.126 e. The Morgan fingerprint density at radius 1 is 1.45 bits per heavy atom. The summed E-state index contributed by atoms with van der Waals surface area (Å²) in [6.07, 6.45) is 0.526. The minimum absolute atomic E-state index is 0.236. The predicted octanol–water partition coefficient (Wildman–Crippen LogP) is 2.19. The summed E-state index contributed by atoms with van der Waals surface area (Å²) in [5.41, 5.74) is 6.61. The van der Waals surface area contributed by atoms with Crippen molar-refractivity contribution in [2.24, 2.45) is 0 Å². The molecule has 11 heavy (non-hydrogen) atoms. The number of nitrogens with two attached hydrogens (primary N) is 1. The zero-order valence-corrected chi connectivity index (χ0v) is 6.74. The summed E-state index contributed by atoms with van der Waals surface area (Å²) in [6.45, 7) is 0. The van der Waals surface area contributed by atoms with Crippen molar-refractivity contribution in [2.45, 2.75) is 6.42 Å². The van der Waals surface area contributed by atoms with Crippen LogP contribution in [0.25, 0.3) is 0 Å². The average molecular weight is 174 g/mol. The monoisotopic (exact) mass is 173 g/mol. The van der Waals surface area contributed by atoms with E-state index in [0.717, 1.165) is 0 Å². The second-order valence-corrected chi connectivity index (χ2v) is 2.67. The second kappa shape index (κ2) is 3.58. The fourth-order valence-electron chi connectivity index (χ4n) is 0.888. The SMILES string of the molecule is Nc1ccc(F)c(CCCl)c1. The highest BCUT2D eigenvalue weighted by molar-refractivity contribution is 6.17. The van der Waals surface area contributed by atoms with E-state index in [4.69, 9.17) is 17.3 Å². The van der Waals surface area contributed by atoms with E-state index in [0.29, 0.717) is 23.6 Å². The lowest BCUT2D eigenvalue weighted by atomic mass is 10.1. The molecule has 0 fully saturated rings. The largest absolute Gasteiger partial charge is 0.399 e. The van der Waals surface area contributed by atoms with Crippen molar-refractivity contribution in [3.63, 3.8) is 0 Å². The molecule has 0 radical (unpaired) electrons. The second-order valence-electron chi connectivity index (χ2n) is 2.29. The zero-order valence-electron chi connectivity index (χ0n) is 5.98. The third kappa shape index (κ3) is 2.09. The van der Waals surface area contributed by atoms with Gasteiger partial charge in [-0.2, -0.15) is 0 Å². The first-order chi connectivity index (χ1) is 5.24. The van der Waals surface area contributed by atoms with Gasteiger partial charge in [0, 0.05) is 11.6 Å². The Hall–Kier alpha value is -0.760. The molecular weight excluding hydrogens is 165 g/mol. The number of benzene rings is 1. The van der Waals surface area contributed by atoms with Gasteiger partial charge in [0.2, 0.25) is 0 Å². The van der Waals surface area contributed by atoms with Crippen LogP contribution in [0.3, 0.4) is 0 Å². The van der Waals surface area contributed by atoms with Gasteiger partial charge in [-0.3, -0.25) is 0 Å². The Balaban J connectivity index is 2.93. The van der Waals surface area contributed by atoms with Gasteiger partial charge >= 0.3 is 0 Å².